The van der Waals surface area contributed by atoms with Gasteiger partial charge in [0.25, 0.3) is 0 Å². The minimum Gasteiger partial charge on any atom is -0.366 e. The van der Waals surface area contributed by atoms with E-state index in [9.17, 15) is 4.79 Å². The molecule has 3 heteroatoms. The molecule has 136 valence electrons. The number of rotatable bonds is 4. The van der Waals surface area contributed by atoms with E-state index < -0.39 is 0 Å². The molecule has 26 heavy (non-hydrogen) atoms. The molecule has 1 aliphatic heterocycles. The van der Waals surface area contributed by atoms with Crippen LogP contribution in [0, 0.1) is 0 Å². The van der Waals surface area contributed by atoms with Gasteiger partial charge < -0.3 is 4.90 Å². The van der Waals surface area contributed by atoms with E-state index in [4.69, 9.17) is 0 Å². The van der Waals surface area contributed by atoms with Crippen molar-refractivity contribution in [2.45, 2.75) is 52.5 Å². The van der Waals surface area contributed by atoms with E-state index >= 15 is 0 Å². The van der Waals surface area contributed by atoms with Gasteiger partial charge in [0.15, 0.2) is 5.78 Å². The van der Waals surface area contributed by atoms with E-state index in [-0.39, 0.29) is 11.3 Å². The predicted octanol–water partition coefficient (Wildman–Crippen LogP) is 5.75. The Bertz CT molecular complexity index is 834. The number of hydrogen-bond acceptors (Lipinski definition) is 3. The molecule has 0 N–H and O–H groups in total. The monoisotopic (exact) mass is 348 g/mol. The van der Waals surface area contributed by atoms with Crippen molar-refractivity contribution in [1.82, 2.24) is 0 Å². The number of ketones is 1. The Morgan fingerprint density at radius 3 is 2.54 bits per heavy atom. The third-order valence-corrected chi connectivity index (χ3v) is 5.36. The summed E-state index contributed by atoms with van der Waals surface area (Å²) < 4.78 is 0. The molecule has 3 rings (SSSR count). The van der Waals surface area contributed by atoms with Gasteiger partial charge in [-0.2, -0.15) is 0 Å². The lowest BCUT2D eigenvalue weighted by atomic mass is 9.79. The van der Waals surface area contributed by atoms with Crippen LogP contribution in [-0.2, 0) is 0 Å². The first-order valence-corrected chi connectivity index (χ1v) is 9.38. The van der Waals surface area contributed by atoms with Crippen LogP contribution >= 0.6 is 0 Å². The fraction of sp³-hybridized carbons (Fsp3) is 0.391. The predicted molar refractivity (Wildman–Crippen MR) is 110 cm³/mol. The summed E-state index contributed by atoms with van der Waals surface area (Å²) in [6.07, 6.45) is 3.06. The Morgan fingerprint density at radius 2 is 1.92 bits per heavy atom. The summed E-state index contributed by atoms with van der Waals surface area (Å²) in [7, 11) is 0. The molecule has 1 atom stereocenters. The van der Waals surface area contributed by atoms with Gasteiger partial charge in [0, 0.05) is 29.5 Å². The third-order valence-electron chi connectivity index (χ3n) is 5.36. The van der Waals surface area contributed by atoms with E-state index in [1.807, 2.05) is 30.5 Å². The normalized spacial score (nSPS) is 18.8. The maximum Gasteiger partial charge on any atom is 0.159 e. The standard InChI is InChI=1S/C23H28N2O/c1-6-25-22-12-7-18(13-21(22)16(2)14-23(25,4)5)15-24-20-10-8-19(9-11-20)17(3)26/h7-13,15-16H,6,14H2,1-5H3. The average molecular weight is 348 g/mol. The minimum atomic E-state index is 0.0765. The van der Waals surface area contributed by atoms with E-state index in [1.165, 1.54) is 11.3 Å². The molecule has 0 saturated carbocycles. The van der Waals surface area contributed by atoms with Crippen LogP contribution < -0.4 is 4.90 Å². The smallest absolute Gasteiger partial charge is 0.159 e. The van der Waals surface area contributed by atoms with Gasteiger partial charge in [-0.05, 0) is 87.6 Å². The molecule has 0 aromatic heterocycles. The highest BCUT2D eigenvalue weighted by atomic mass is 16.1. The molecule has 2 aromatic carbocycles. The number of carbonyl (C=O) groups is 1. The number of anilines is 1. The summed E-state index contributed by atoms with van der Waals surface area (Å²) >= 11 is 0. The van der Waals surface area contributed by atoms with E-state index in [1.54, 1.807) is 6.92 Å². The molecule has 2 aromatic rings. The Balaban J connectivity index is 1.87. The van der Waals surface area contributed by atoms with Crippen molar-refractivity contribution in [3.8, 4) is 0 Å². The fourth-order valence-electron chi connectivity index (χ4n) is 4.12. The maximum absolute atomic E-state index is 11.4. The lowest BCUT2D eigenvalue weighted by molar-refractivity contribution is 0.101. The maximum atomic E-state index is 11.4. The largest absolute Gasteiger partial charge is 0.366 e. The van der Waals surface area contributed by atoms with Crippen LogP contribution in [0.2, 0.25) is 0 Å². The summed E-state index contributed by atoms with van der Waals surface area (Å²) in [5.74, 6) is 0.610. The molecule has 0 radical (unpaired) electrons. The van der Waals surface area contributed by atoms with Crippen molar-refractivity contribution in [2.24, 2.45) is 4.99 Å². The zero-order valence-corrected chi connectivity index (χ0v) is 16.4. The van der Waals surface area contributed by atoms with Crippen molar-refractivity contribution < 1.29 is 4.79 Å². The van der Waals surface area contributed by atoms with Crippen molar-refractivity contribution in [2.75, 3.05) is 11.4 Å². The van der Waals surface area contributed by atoms with Crippen LogP contribution in [0.1, 0.15) is 68.4 Å². The first kappa shape index (κ1) is 18.4. The number of Topliss-reactive ketones (excluding diaryl/α,β-unsaturated/α-hetero) is 1. The SMILES string of the molecule is CCN1c2ccc(C=Nc3ccc(C(C)=O)cc3)cc2C(C)CC1(C)C. The third kappa shape index (κ3) is 3.57. The van der Waals surface area contributed by atoms with Crippen LogP contribution in [0.5, 0.6) is 0 Å². The highest BCUT2D eigenvalue weighted by Crippen LogP contribution is 2.43. The van der Waals surface area contributed by atoms with E-state index in [2.05, 4.69) is 55.8 Å². The van der Waals surface area contributed by atoms with Gasteiger partial charge in [0.1, 0.15) is 0 Å². The second kappa shape index (κ2) is 7.06. The molecule has 1 heterocycles. The lowest BCUT2D eigenvalue weighted by Gasteiger charge is -2.47. The molecule has 1 aliphatic rings. The van der Waals surface area contributed by atoms with E-state index in [0.717, 1.165) is 24.2 Å². The van der Waals surface area contributed by atoms with Crippen molar-refractivity contribution >= 4 is 23.4 Å². The Kier molecular flexibility index (Phi) is 4.99. The quantitative estimate of drug-likeness (QED) is 0.520. The number of benzene rings is 2. The summed E-state index contributed by atoms with van der Waals surface area (Å²) in [6, 6.07) is 14.1. The van der Waals surface area contributed by atoms with Crippen LogP contribution in [0.15, 0.2) is 47.5 Å². The molecular formula is C23H28N2O. The molecule has 0 fully saturated rings. The summed E-state index contributed by atoms with van der Waals surface area (Å²) in [6.45, 7) is 11.8. The van der Waals surface area contributed by atoms with Gasteiger partial charge in [-0.1, -0.05) is 13.0 Å². The first-order chi connectivity index (χ1) is 12.3. The lowest BCUT2D eigenvalue weighted by Crippen LogP contribution is -2.48. The van der Waals surface area contributed by atoms with Crippen molar-refractivity contribution in [1.29, 1.82) is 0 Å². The van der Waals surface area contributed by atoms with Crippen molar-refractivity contribution in [3.63, 3.8) is 0 Å². The second-order valence-electron chi connectivity index (χ2n) is 7.84. The van der Waals surface area contributed by atoms with Gasteiger partial charge in [-0.3, -0.25) is 9.79 Å². The molecule has 0 amide bonds. The Morgan fingerprint density at radius 1 is 1.23 bits per heavy atom. The highest BCUT2D eigenvalue weighted by molar-refractivity contribution is 5.94. The summed E-state index contributed by atoms with van der Waals surface area (Å²) in [5, 5.41) is 0. The number of nitrogens with zero attached hydrogens (tertiary/aromatic N) is 2. The molecule has 0 aliphatic carbocycles. The van der Waals surface area contributed by atoms with Crippen molar-refractivity contribution in [3.05, 3.63) is 59.2 Å². The van der Waals surface area contributed by atoms with Gasteiger partial charge in [0.05, 0.1) is 5.69 Å². The van der Waals surface area contributed by atoms with E-state index in [0.29, 0.717) is 11.5 Å². The van der Waals surface area contributed by atoms with Crippen LogP contribution in [-0.4, -0.2) is 24.1 Å². The topological polar surface area (TPSA) is 32.7 Å². The molecule has 0 saturated heterocycles. The fourth-order valence-corrected chi connectivity index (χ4v) is 4.12. The van der Waals surface area contributed by atoms with Gasteiger partial charge >= 0.3 is 0 Å². The number of aliphatic imine (C=N–C) groups is 1. The van der Waals surface area contributed by atoms with Crippen LogP contribution in [0.3, 0.4) is 0 Å². The minimum absolute atomic E-state index is 0.0765. The van der Waals surface area contributed by atoms with Gasteiger partial charge in [-0.15, -0.1) is 0 Å². The number of fused-ring (bicyclic) bond motifs is 1. The summed E-state index contributed by atoms with van der Waals surface area (Å²) in [5.41, 5.74) is 5.63. The number of hydrogen-bond donors (Lipinski definition) is 0. The van der Waals surface area contributed by atoms with Gasteiger partial charge in [-0.25, -0.2) is 0 Å². The first-order valence-electron chi connectivity index (χ1n) is 9.38. The average Bonchev–Trinajstić information content (AvgIpc) is 2.60. The van der Waals surface area contributed by atoms with Gasteiger partial charge in [0.2, 0.25) is 0 Å². The highest BCUT2D eigenvalue weighted by Gasteiger charge is 2.35. The Labute approximate surface area is 156 Å². The zero-order chi connectivity index (χ0) is 18.9. The van der Waals surface area contributed by atoms with Crippen LogP contribution in [0.4, 0.5) is 11.4 Å². The zero-order valence-electron chi connectivity index (χ0n) is 16.4. The molecular weight excluding hydrogens is 320 g/mol. The molecule has 1 unspecified atom stereocenters. The molecule has 0 spiro atoms. The molecule has 3 nitrogen and oxygen atoms in total. The van der Waals surface area contributed by atoms with Crippen LogP contribution in [0.25, 0.3) is 0 Å². The molecule has 0 bridgehead atoms. The second-order valence-corrected chi connectivity index (χ2v) is 7.84. The summed E-state index contributed by atoms with van der Waals surface area (Å²) in [4.78, 5) is 18.4. The number of carbonyl (C=O) groups excluding carboxylic acids is 1. The Hall–Kier alpha value is -2.42.